The Kier molecular flexibility index (Phi) is 6.09. The van der Waals surface area contributed by atoms with E-state index in [0.717, 1.165) is 0 Å². The third kappa shape index (κ3) is 4.57. The number of nitrogens with zero attached hydrogens (tertiary/aromatic N) is 2. The van der Waals surface area contributed by atoms with Crippen LogP contribution < -0.4 is 5.73 Å². The molecule has 0 aliphatic carbocycles. The maximum atomic E-state index is 13.2. The number of carbonyl (C=O) groups is 1. The van der Waals surface area contributed by atoms with E-state index < -0.39 is 23.4 Å². The van der Waals surface area contributed by atoms with Gasteiger partial charge in [0.15, 0.2) is 11.5 Å². The summed E-state index contributed by atoms with van der Waals surface area (Å²) < 4.78 is 44.1. The van der Waals surface area contributed by atoms with Crippen molar-refractivity contribution in [3.63, 3.8) is 0 Å². The summed E-state index contributed by atoms with van der Waals surface area (Å²) >= 11 is 0. The predicted octanol–water partition coefficient (Wildman–Crippen LogP) is 2.68. The first-order valence-electron chi connectivity index (χ1n) is 6.54. The van der Waals surface area contributed by atoms with Crippen molar-refractivity contribution in [1.82, 2.24) is 4.98 Å². The molecule has 1 rings (SSSR count). The Bertz CT molecular complexity index is 595. The van der Waals surface area contributed by atoms with E-state index in [9.17, 15) is 18.0 Å². The fourth-order valence-electron chi connectivity index (χ4n) is 1.57. The number of ether oxygens (including phenoxy) is 1. The first kappa shape index (κ1) is 17.7. The van der Waals surface area contributed by atoms with Crippen LogP contribution >= 0.6 is 0 Å². The van der Waals surface area contributed by atoms with Crippen LogP contribution in [0, 0.1) is 0 Å². The van der Waals surface area contributed by atoms with Crippen molar-refractivity contribution in [1.29, 1.82) is 0 Å². The van der Waals surface area contributed by atoms with Crippen molar-refractivity contribution in [2.24, 2.45) is 10.7 Å². The van der Waals surface area contributed by atoms with Crippen molar-refractivity contribution in [3.05, 3.63) is 35.7 Å². The van der Waals surface area contributed by atoms with E-state index in [1.807, 2.05) is 6.92 Å². The number of pyridine rings is 1. The number of hydrogen-bond donors (Lipinski definition) is 1. The van der Waals surface area contributed by atoms with E-state index in [0.29, 0.717) is 18.3 Å². The standard InChI is InChI=1S/C14H16F3N3O2/c1-3-9-6-5-7-11(19-9)20-12(14(15,16)17)10(8-18)13(21)22-4-2/h5-8H,3-4,18H2,1-2H3/b10-8+,20-12-. The molecular weight excluding hydrogens is 299 g/mol. The summed E-state index contributed by atoms with van der Waals surface area (Å²) in [6.07, 6.45) is -3.79. The minimum atomic E-state index is -4.87. The number of nitrogens with two attached hydrogens (primary N) is 1. The summed E-state index contributed by atoms with van der Waals surface area (Å²) in [5, 5.41) is 0. The van der Waals surface area contributed by atoms with Crippen molar-refractivity contribution in [2.75, 3.05) is 6.61 Å². The average Bonchev–Trinajstić information content (AvgIpc) is 2.46. The van der Waals surface area contributed by atoms with Gasteiger partial charge < -0.3 is 10.5 Å². The number of aryl methyl sites for hydroxylation is 1. The Labute approximate surface area is 125 Å². The Morgan fingerprint density at radius 3 is 2.59 bits per heavy atom. The Hall–Kier alpha value is -2.38. The van der Waals surface area contributed by atoms with Gasteiger partial charge in [-0.05, 0) is 25.5 Å². The van der Waals surface area contributed by atoms with Crippen molar-refractivity contribution in [2.45, 2.75) is 26.4 Å². The molecule has 0 bridgehead atoms. The molecular formula is C14H16F3N3O2. The Morgan fingerprint density at radius 1 is 1.41 bits per heavy atom. The molecule has 0 aliphatic heterocycles. The second-order valence-electron chi connectivity index (χ2n) is 4.10. The van der Waals surface area contributed by atoms with Crippen LogP contribution in [0.5, 0.6) is 0 Å². The van der Waals surface area contributed by atoms with Gasteiger partial charge in [0, 0.05) is 11.9 Å². The molecule has 0 aliphatic rings. The number of aromatic nitrogens is 1. The van der Waals surface area contributed by atoms with Crippen LogP contribution in [0.25, 0.3) is 0 Å². The van der Waals surface area contributed by atoms with E-state index in [-0.39, 0.29) is 12.4 Å². The quantitative estimate of drug-likeness (QED) is 0.515. The lowest BCUT2D eigenvalue weighted by Gasteiger charge is -2.13. The van der Waals surface area contributed by atoms with Gasteiger partial charge in [-0.1, -0.05) is 13.0 Å². The monoisotopic (exact) mass is 315 g/mol. The molecule has 0 unspecified atom stereocenters. The second kappa shape index (κ2) is 7.58. The van der Waals surface area contributed by atoms with Gasteiger partial charge >= 0.3 is 12.1 Å². The Balaban J connectivity index is 3.34. The number of aliphatic imine (C=N–C) groups is 1. The van der Waals surface area contributed by atoms with E-state index in [1.54, 1.807) is 6.07 Å². The van der Waals surface area contributed by atoms with Gasteiger partial charge in [-0.2, -0.15) is 13.2 Å². The maximum Gasteiger partial charge on any atom is 0.434 e. The fourth-order valence-corrected chi connectivity index (χ4v) is 1.57. The van der Waals surface area contributed by atoms with Crippen LogP contribution in [0.3, 0.4) is 0 Å². The number of esters is 1. The van der Waals surface area contributed by atoms with Crippen molar-refractivity contribution >= 4 is 17.5 Å². The molecule has 2 N–H and O–H groups in total. The van der Waals surface area contributed by atoms with E-state index in [4.69, 9.17) is 5.73 Å². The van der Waals surface area contributed by atoms with Crippen LogP contribution in [0.2, 0.25) is 0 Å². The number of carbonyl (C=O) groups excluding carboxylic acids is 1. The summed E-state index contributed by atoms with van der Waals surface area (Å²) in [7, 11) is 0. The Morgan fingerprint density at radius 2 is 2.09 bits per heavy atom. The number of halogens is 3. The van der Waals surface area contributed by atoms with Crippen LogP contribution in [-0.4, -0.2) is 29.4 Å². The van der Waals surface area contributed by atoms with Gasteiger partial charge in [0.2, 0.25) is 0 Å². The first-order valence-corrected chi connectivity index (χ1v) is 6.54. The molecule has 8 heteroatoms. The summed E-state index contributed by atoms with van der Waals surface area (Å²) in [4.78, 5) is 19.0. The molecule has 0 spiro atoms. The van der Waals surface area contributed by atoms with E-state index in [1.165, 1.54) is 19.1 Å². The molecule has 0 atom stereocenters. The largest absolute Gasteiger partial charge is 0.462 e. The molecule has 120 valence electrons. The molecule has 22 heavy (non-hydrogen) atoms. The third-order valence-corrected chi connectivity index (χ3v) is 2.57. The minimum Gasteiger partial charge on any atom is -0.462 e. The van der Waals surface area contributed by atoms with Gasteiger partial charge in [-0.25, -0.2) is 14.8 Å². The molecule has 0 aromatic carbocycles. The van der Waals surface area contributed by atoms with E-state index in [2.05, 4.69) is 14.7 Å². The van der Waals surface area contributed by atoms with Gasteiger partial charge in [0.05, 0.1) is 6.61 Å². The molecule has 5 nitrogen and oxygen atoms in total. The lowest BCUT2D eigenvalue weighted by atomic mass is 10.1. The molecule has 1 aromatic heterocycles. The maximum absolute atomic E-state index is 13.2. The summed E-state index contributed by atoms with van der Waals surface area (Å²) in [5.41, 5.74) is 3.44. The van der Waals surface area contributed by atoms with Crippen LogP contribution in [0.4, 0.5) is 19.0 Å². The van der Waals surface area contributed by atoms with Crippen LogP contribution in [-0.2, 0) is 16.0 Å². The zero-order valence-electron chi connectivity index (χ0n) is 12.1. The lowest BCUT2D eigenvalue weighted by Crippen LogP contribution is -2.30. The normalized spacial score (nSPS) is 13.1. The zero-order valence-corrected chi connectivity index (χ0v) is 12.1. The van der Waals surface area contributed by atoms with Crippen molar-refractivity contribution < 1.29 is 22.7 Å². The predicted molar refractivity (Wildman–Crippen MR) is 75.7 cm³/mol. The van der Waals surface area contributed by atoms with Gasteiger partial charge in [-0.15, -0.1) is 0 Å². The fraction of sp³-hybridized carbons (Fsp3) is 0.357. The van der Waals surface area contributed by atoms with Gasteiger partial charge in [0.25, 0.3) is 0 Å². The number of alkyl halides is 3. The van der Waals surface area contributed by atoms with Crippen molar-refractivity contribution in [3.8, 4) is 0 Å². The molecule has 0 saturated carbocycles. The highest BCUT2D eigenvalue weighted by Crippen LogP contribution is 2.25. The minimum absolute atomic E-state index is 0.0785. The topological polar surface area (TPSA) is 77.6 Å². The van der Waals surface area contributed by atoms with Gasteiger partial charge in [-0.3, -0.25) is 0 Å². The number of hydrogen-bond acceptors (Lipinski definition) is 5. The summed E-state index contributed by atoms with van der Waals surface area (Å²) in [5.74, 6) is -1.34. The van der Waals surface area contributed by atoms with Crippen LogP contribution in [0.1, 0.15) is 19.5 Å². The SMILES string of the molecule is CCOC(=O)C(=C/N)/C(=N/c1cccc(CC)n1)C(F)(F)F. The van der Waals surface area contributed by atoms with Gasteiger partial charge in [0.1, 0.15) is 5.57 Å². The highest BCUT2D eigenvalue weighted by molar-refractivity contribution is 6.22. The average molecular weight is 315 g/mol. The molecule has 0 fully saturated rings. The number of rotatable bonds is 5. The smallest absolute Gasteiger partial charge is 0.434 e. The molecule has 0 radical (unpaired) electrons. The molecule has 1 heterocycles. The molecule has 0 saturated heterocycles. The highest BCUT2D eigenvalue weighted by Gasteiger charge is 2.41. The zero-order chi connectivity index (χ0) is 16.8. The van der Waals surface area contributed by atoms with Crippen LogP contribution in [0.15, 0.2) is 35.0 Å². The van der Waals surface area contributed by atoms with E-state index >= 15 is 0 Å². The molecule has 0 amide bonds. The second-order valence-corrected chi connectivity index (χ2v) is 4.10. The third-order valence-electron chi connectivity index (χ3n) is 2.57. The highest BCUT2D eigenvalue weighted by atomic mass is 19.4. The summed E-state index contributed by atoms with van der Waals surface area (Å²) in [6.45, 7) is 3.21. The molecule has 1 aromatic rings. The lowest BCUT2D eigenvalue weighted by molar-refractivity contribution is -0.138. The first-order chi connectivity index (χ1) is 10.3. The summed E-state index contributed by atoms with van der Waals surface area (Å²) in [6, 6.07) is 4.51.